The number of aliphatic hydroxyl groups excluding tert-OH is 1. The second kappa shape index (κ2) is 7.97. The van der Waals surface area contributed by atoms with Gasteiger partial charge in [-0.15, -0.1) is 0 Å². The highest BCUT2D eigenvalue weighted by Gasteiger charge is 2.36. The number of carbonyl (C=O) groups is 2. The minimum atomic E-state index is -0.629. The van der Waals surface area contributed by atoms with Gasteiger partial charge in [0.2, 0.25) is 0 Å². The van der Waals surface area contributed by atoms with Gasteiger partial charge in [0, 0.05) is 0 Å². The Hall–Kier alpha value is -2.94. The van der Waals surface area contributed by atoms with Crippen molar-refractivity contribution in [3.8, 4) is 5.69 Å². The van der Waals surface area contributed by atoms with E-state index >= 15 is 0 Å². The van der Waals surface area contributed by atoms with Crippen molar-refractivity contribution in [1.82, 2.24) is 25.6 Å². The monoisotopic (exact) mass is 387 g/mol. The van der Waals surface area contributed by atoms with Gasteiger partial charge >= 0.3 is 6.09 Å². The third-order valence-electron chi connectivity index (χ3n) is 4.34. The van der Waals surface area contributed by atoms with E-state index in [9.17, 15) is 14.7 Å². The maximum atomic E-state index is 12.9. The average molecular weight is 387 g/mol. The Labute approximate surface area is 163 Å². The first kappa shape index (κ1) is 19.8. The Balaban J connectivity index is 1.72. The van der Waals surface area contributed by atoms with Crippen LogP contribution in [0.25, 0.3) is 5.69 Å². The third kappa shape index (κ3) is 4.86. The molecule has 1 aliphatic rings. The fourth-order valence-corrected chi connectivity index (χ4v) is 3.22. The van der Waals surface area contributed by atoms with E-state index in [0.717, 1.165) is 0 Å². The molecule has 0 spiro atoms. The first-order valence-corrected chi connectivity index (χ1v) is 9.17. The third-order valence-corrected chi connectivity index (χ3v) is 4.34. The second-order valence-corrected chi connectivity index (χ2v) is 7.79. The van der Waals surface area contributed by atoms with Crippen molar-refractivity contribution in [2.75, 3.05) is 0 Å². The van der Waals surface area contributed by atoms with Crippen molar-refractivity contribution in [2.45, 2.75) is 57.4 Å². The first-order chi connectivity index (χ1) is 13.2. The number of amides is 2. The molecule has 0 bridgehead atoms. The van der Waals surface area contributed by atoms with Gasteiger partial charge in [-0.25, -0.2) is 4.79 Å². The summed E-state index contributed by atoms with van der Waals surface area (Å²) in [6.45, 7) is 5.32. The van der Waals surface area contributed by atoms with Crippen LogP contribution in [0.4, 0.5) is 4.79 Å². The van der Waals surface area contributed by atoms with Crippen LogP contribution in [0.2, 0.25) is 0 Å². The molecule has 1 heterocycles. The molecule has 1 fully saturated rings. The van der Waals surface area contributed by atoms with Crippen LogP contribution in [-0.2, 0) is 4.74 Å². The lowest BCUT2D eigenvalue weighted by Crippen LogP contribution is -2.49. The fraction of sp³-hybridized carbons (Fsp3) is 0.474. The SMILES string of the molecule is CC(C)(C)OC(=O)NC1CC(O)CC1NC(=O)c1ccccc1-n1nccn1. The number of hydrogen-bond donors (Lipinski definition) is 3. The highest BCUT2D eigenvalue weighted by atomic mass is 16.6. The summed E-state index contributed by atoms with van der Waals surface area (Å²) in [5.41, 5.74) is 0.312. The summed E-state index contributed by atoms with van der Waals surface area (Å²) in [4.78, 5) is 26.3. The number of nitrogens with one attached hydrogen (secondary N) is 2. The van der Waals surface area contributed by atoms with Crippen LogP contribution < -0.4 is 10.6 Å². The average Bonchev–Trinajstić information content (AvgIpc) is 3.23. The second-order valence-electron chi connectivity index (χ2n) is 7.79. The predicted molar refractivity (Wildman–Crippen MR) is 101 cm³/mol. The van der Waals surface area contributed by atoms with Gasteiger partial charge in [-0.05, 0) is 45.7 Å². The summed E-state index contributed by atoms with van der Waals surface area (Å²) in [5.74, 6) is -0.331. The maximum absolute atomic E-state index is 12.9. The Morgan fingerprint density at radius 2 is 1.71 bits per heavy atom. The number of nitrogens with zero attached hydrogens (tertiary/aromatic N) is 3. The molecule has 3 unspecified atom stereocenters. The van der Waals surface area contributed by atoms with E-state index in [4.69, 9.17) is 4.74 Å². The van der Waals surface area contributed by atoms with Crippen molar-refractivity contribution in [3.05, 3.63) is 42.2 Å². The molecule has 3 N–H and O–H groups in total. The van der Waals surface area contributed by atoms with Gasteiger partial charge in [-0.1, -0.05) is 12.1 Å². The number of benzene rings is 1. The van der Waals surface area contributed by atoms with Crippen LogP contribution in [0.5, 0.6) is 0 Å². The standard InChI is InChI=1S/C19H25N5O4/c1-19(2,3)28-18(27)23-15-11-12(25)10-14(15)22-17(26)13-6-4-5-7-16(13)24-20-8-9-21-24/h4-9,12,14-15,25H,10-11H2,1-3H3,(H,22,26)(H,23,27). The highest BCUT2D eigenvalue weighted by Crippen LogP contribution is 2.22. The zero-order chi connectivity index (χ0) is 20.3. The number of hydrogen-bond acceptors (Lipinski definition) is 6. The summed E-state index contributed by atoms with van der Waals surface area (Å²) in [5, 5.41) is 23.8. The fourth-order valence-electron chi connectivity index (χ4n) is 3.22. The maximum Gasteiger partial charge on any atom is 0.407 e. The molecule has 28 heavy (non-hydrogen) atoms. The molecule has 0 aliphatic heterocycles. The number of aliphatic hydroxyl groups is 1. The van der Waals surface area contributed by atoms with Gasteiger partial charge in [0.25, 0.3) is 5.91 Å². The molecule has 1 aromatic heterocycles. The molecule has 150 valence electrons. The molecule has 3 rings (SSSR count). The van der Waals surface area contributed by atoms with E-state index in [1.54, 1.807) is 45.0 Å². The van der Waals surface area contributed by atoms with Crippen molar-refractivity contribution >= 4 is 12.0 Å². The summed E-state index contributed by atoms with van der Waals surface area (Å²) < 4.78 is 5.28. The molecule has 1 aliphatic carbocycles. The molecular weight excluding hydrogens is 362 g/mol. The molecule has 1 aromatic carbocycles. The summed E-state index contributed by atoms with van der Waals surface area (Å²) in [6.07, 6.45) is 2.55. The van der Waals surface area contributed by atoms with E-state index < -0.39 is 29.9 Å². The minimum Gasteiger partial charge on any atom is -0.444 e. The van der Waals surface area contributed by atoms with Crippen molar-refractivity contribution in [1.29, 1.82) is 0 Å². The Morgan fingerprint density at radius 1 is 1.11 bits per heavy atom. The Kier molecular flexibility index (Phi) is 5.64. The number of rotatable bonds is 4. The van der Waals surface area contributed by atoms with Crippen LogP contribution in [-0.4, -0.2) is 55.9 Å². The molecule has 0 radical (unpaired) electrons. The lowest BCUT2D eigenvalue weighted by molar-refractivity contribution is 0.0492. The zero-order valence-electron chi connectivity index (χ0n) is 16.1. The molecule has 0 saturated heterocycles. The molecular formula is C19H25N5O4. The Bertz CT molecular complexity index is 831. The molecule has 9 nitrogen and oxygen atoms in total. The highest BCUT2D eigenvalue weighted by molar-refractivity contribution is 5.98. The largest absolute Gasteiger partial charge is 0.444 e. The molecule has 1 saturated carbocycles. The van der Waals surface area contributed by atoms with Crippen molar-refractivity contribution in [2.24, 2.45) is 0 Å². The lowest BCUT2D eigenvalue weighted by atomic mass is 10.1. The zero-order valence-corrected chi connectivity index (χ0v) is 16.1. The minimum absolute atomic E-state index is 0.331. The van der Waals surface area contributed by atoms with Gasteiger partial charge < -0.3 is 20.5 Å². The van der Waals surface area contributed by atoms with E-state index in [2.05, 4.69) is 20.8 Å². The summed E-state index contributed by atoms with van der Waals surface area (Å²) in [6, 6.07) is 6.12. The van der Waals surface area contributed by atoms with Gasteiger partial charge in [0.1, 0.15) is 5.60 Å². The normalized spacial score (nSPS) is 21.9. The quantitative estimate of drug-likeness (QED) is 0.730. The number of ether oxygens (including phenoxy) is 1. The van der Waals surface area contributed by atoms with Gasteiger partial charge in [-0.3, -0.25) is 4.79 Å². The van der Waals surface area contributed by atoms with E-state index in [-0.39, 0.29) is 5.91 Å². The summed E-state index contributed by atoms with van der Waals surface area (Å²) >= 11 is 0. The van der Waals surface area contributed by atoms with E-state index in [1.807, 2.05) is 0 Å². The summed E-state index contributed by atoms with van der Waals surface area (Å²) in [7, 11) is 0. The predicted octanol–water partition coefficient (Wildman–Crippen LogP) is 1.41. The van der Waals surface area contributed by atoms with Crippen LogP contribution in [0.3, 0.4) is 0 Å². The van der Waals surface area contributed by atoms with Crippen LogP contribution in [0, 0.1) is 0 Å². The van der Waals surface area contributed by atoms with E-state index in [0.29, 0.717) is 24.1 Å². The number of aromatic nitrogens is 3. The van der Waals surface area contributed by atoms with Crippen LogP contribution in [0.1, 0.15) is 44.0 Å². The van der Waals surface area contributed by atoms with E-state index in [1.165, 1.54) is 17.2 Å². The number of para-hydroxylation sites is 1. The molecule has 2 aromatic rings. The topological polar surface area (TPSA) is 118 Å². The van der Waals surface area contributed by atoms with Gasteiger partial charge in [0.05, 0.1) is 41.8 Å². The smallest absolute Gasteiger partial charge is 0.407 e. The molecule has 2 amide bonds. The van der Waals surface area contributed by atoms with Crippen LogP contribution >= 0.6 is 0 Å². The number of carbonyl (C=O) groups excluding carboxylic acids is 2. The van der Waals surface area contributed by atoms with Crippen molar-refractivity contribution < 1.29 is 19.4 Å². The van der Waals surface area contributed by atoms with Gasteiger partial charge in [0.15, 0.2) is 0 Å². The van der Waals surface area contributed by atoms with Crippen LogP contribution in [0.15, 0.2) is 36.7 Å². The number of alkyl carbamates (subject to hydrolysis) is 1. The lowest BCUT2D eigenvalue weighted by Gasteiger charge is -2.25. The molecule has 3 atom stereocenters. The van der Waals surface area contributed by atoms with Crippen molar-refractivity contribution in [3.63, 3.8) is 0 Å². The first-order valence-electron chi connectivity index (χ1n) is 9.17. The Morgan fingerprint density at radius 3 is 2.36 bits per heavy atom. The molecule has 9 heteroatoms. The van der Waals surface area contributed by atoms with Gasteiger partial charge in [-0.2, -0.15) is 15.0 Å².